The number of benzene rings is 4. The molecule has 1 aromatic heterocycles. The number of carbonyl (C=O) groups is 2. The molecule has 4 aromatic carbocycles. The summed E-state index contributed by atoms with van der Waals surface area (Å²) in [6, 6.07) is 29.3. The van der Waals surface area contributed by atoms with Gasteiger partial charge < -0.3 is 10.2 Å². The quantitative estimate of drug-likeness (QED) is 0.204. The monoisotopic (exact) mass is 572 g/mol. The molecule has 5 aromatic rings. The number of amides is 2. The number of halogens is 4. The second-order valence-electron chi connectivity index (χ2n) is 9.44. The molecule has 0 radical (unpaired) electrons. The van der Waals surface area contributed by atoms with E-state index in [0.29, 0.717) is 11.4 Å². The number of aromatic nitrogens is 2. The molecule has 0 aliphatic carbocycles. The van der Waals surface area contributed by atoms with Crippen molar-refractivity contribution in [3.05, 3.63) is 138 Å². The fourth-order valence-electron chi connectivity index (χ4n) is 4.34. The van der Waals surface area contributed by atoms with Gasteiger partial charge in [0.25, 0.3) is 5.91 Å². The second-order valence-corrected chi connectivity index (χ2v) is 9.44. The predicted molar refractivity (Wildman–Crippen MR) is 150 cm³/mol. The number of alkyl halides is 3. The maximum Gasteiger partial charge on any atom is 0.416 e. The Labute approximate surface area is 238 Å². The van der Waals surface area contributed by atoms with Crippen molar-refractivity contribution in [1.29, 1.82) is 0 Å². The van der Waals surface area contributed by atoms with Crippen molar-refractivity contribution in [1.82, 2.24) is 14.7 Å². The SMILES string of the molecule is O=C(CN(Cc1ccccc1)C(=O)c1ccc(C(F)(F)F)cc1)Nc1cc(-c2ccccc2)nn1-c1ccc(F)cc1. The van der Waals surface area contributed by atoms with E-state index in [0.717, 1.165) is 35.4 Å². The number of hydrogen-bond acceptors (Lipinski definition) is 3. The van der Waals surface area contributed by atoms with Gasteiger partial charge in [0.1, 0.15) is 18.2 Å². The average molecular weight is 573 g/mol. The van der Waals surface area contributed by atoms with E-state index in [1.165, 1.54) is 33.8 Å². The Kier molecular flexibility index (Phi) is 8.14. The molecule has 0 saturated carbocycles. The highest BCUT2D eigenvalue weighted by Crippen LogP contribution is 2.29. The molecule has 0 unspecified atom stereocenters. The predicted octanol–water partition coefficient (Wildman–Crippen LogP) is 6.98. The Bertz CT molecular complexity index is 1670. The smallest absolute Gasteiger partial charge is 0.325 e. The summed E-state index contributed by atoms with van der Waals surface area (Å²) >= 11 is 0. The van der Waals surface area contributed by atoms with Gasteiger partial charge in [0, 0.05) is 23.7 Å². The van der Waals surface area contributed by atoms with Gasteiger partial charge in [-0.25, -0.2) is 9.07 Å². The first-order chi connectivity index (χ1) is 20.2. The summed E-state index contributed by atoms with van der Waals surface area (Å²) in [4.78, 5) is 28.0. The van der Waals surface area contributed by atoms with E-state index < -0.39 is 35.9 Å². The number of anilines is 1. The molecule has 42 heavy (non-hydrogen) atoms. The Morgan fingerprint density at radius 3 is 2.05 bits per heavy atom. The summed E-state index contributed by atoms with van der Waals surface area (Å²) in [6.45, 7) is -0.357. The largest absolute Gasteiger partial charge is 0.416 e. The Morgan fingerprint density at radius 2 is 1.43 bits per heavy atom. The summed E-state index contributed by atoms with van der Waals surface area (Å²) in [5.74, 6) is -1.32. The average Bonchev–Trinajstić information content (AvgIpc) is 3.41. The lowest BCUT2D eigenvalue weighted by atomic mass is 10.1. The second kappa shape index (κ2) is 12.1. The third kappa shape index (κ3) is 6.72. The third-order valence-corrected chi connectivity index (χ3v) is 6.41. The van der Waals surface area contributed by atoms with Crippen LogP contribution in [0.3, 0.4) is 0 Å². The van der Waals surface area contributed by atoms with Crippen LogP contribution in [0.25, 0.3) is 16.9 Å². The normalized spacial score (nSPS) is 11.2. The fraction of sp³-hybridized carbons (Fsp3) is 0.0938. The van der Waals surface area contributed by atoms with E-state index in [1.807, 2.05) is 30.3 Å². The van der Waals surface area contributed by atoms with Gasteiger partial charge in [-0.1, -0.05) is 60.7 Å². The molecule has 0 atom stereocenters. The zero-order valence-corrected chi connectivity index (χ0v) is 22.1. The van der Waals surface area contributed by atoms with Crippen LogP contribution in [-0.2, 0) is 17.5 Å². The number of nitrogens with zero attached hydrogens (tertiary/aromatic N) is 3. The third-order valence-electron chi connectivity index (χ3n) is 6.41. The van der Waals surface area contributed by atoms with Crippen LogP contribution in [0.5, 0.6) is 0 Å². The Morgan fingerprint density at radius 1 is 0.810 bits per heavy atom. The standard InChI is InChI=1S/C32H24F4N4O2/c33-26-15-17-27(18-16-26)40-29(19-28(38-40)23-9-5-2-6-10-23)37-30(41)21-39(20-22-7-3-1-4-8-22)31(42)24-11-13-25(14-12-24)32(34,35)36/h1-19H,20-21H2,(H,37,41). The zero-order chi connectivity index (χ0) is 29.7. The summed E-state index contributed by atoms with van der Waals surface area (Å²) in [5.41, 5.74) is 1.70. The van der Waals surface area contributed by atoms with E-state index >= 15 is 0 Å². The van der Waals surface area contributed by atoms with Crippen LogP contribution in [-0.4, -0.2) is 33.0 Å². The maximum atomic E-state index is 13.6. The molecule has 6 nitrogen and oxygen atoms in total. The van der Waals surface area contributed by atoms with Crippen molar-refractivity contribution in [3.8, 4) is 16.9 Å². The van der Waals surface area contributed by atoms with Crippen molar-refractivity contribution in [3.63, 3.8) is 0 Å². The van der Waals surface area contributed by atoms with Gasteiger partial charge >= 0.3 is 6.18 Å². The number of nitrogens with one attached hydrogen (secondary N) is 1. The van der Waals surface area contributed by atoms with Crippen molar-refractivity contribution in [2.45, 2.75) is 12.7 Å². The van der Waals surface area contributed by atoms with Crippen molar-refractivity contribution >= 4 is 17.6 Å². The van der Waals surface area contributed by atoms with Gasteiger partial charge in [-0.15, -0.1) is 0 Å². The van der Waals surface area contributed by atoms with E-state index in [9.17, 15) is 27.2 Å². The van der Waals surface area contributed by atoms with E-state index in [4.69, 9.17) is 0 Å². The molecule has 10 heteroatoms. The van der Waals surface area contributed by atoms with Crippen molar-refractivity contribution < 1.29 is 27.2 Å². The number of carbonyl (C=O) groups excluding carboxylic acids is 2. The highest BCUT2D eigenvalue weighted by atomic mass is 19.4. The van der Waals surface area contributed by atoms with Gasteiger partial charge in [-0.2, -0.15) is 18.3 Å². The van der Waals surface area contributed by atoms with Crippen LogP contribution in [0.2, 0.25) is 0 Å². The summed E-state index contributed by atoms with van der Waals surface area (Å²) in [6.07, 6.45) is -4.54. The van der Waals surface area contributed by atoms with E-state index in [1.54, 1.807) is 36.4 Å². The molecule has 5 rings (SSSR count). The summed E-state index contributed by atoms with van der Waals surface area (Å²) in [5, 5.41) is 7.39. The minimum atomic E-state index is -4.54. The molecule has 1 N–H and O–H groups in total. The first-order valence-corrected chi connectivity index (χ1v) is 12.9. The van der Waals surface area contributed by atoms with Gasteiger partial charge in [-0.05, 0) is 54.1 Å². The molecule has 0 spiro atoms. The lowest BCUT2D eigenvalue weighted by molar-refractivity contribution is -0.137. The maximum absolute atomic E-state index is 13.6. The molecule has 0 aliphatic rings. The van der Waals surface area contributed by atoms with Crippen LogP contribution in [0.4, 0.5) is 23.4 Å². The number of rotatable bonds is 8. The van der Waals surface area contributed by atoms with Gasteiger partial charge in [-0.3, -0.25) is 9.59 Å². The molecular formula is C32H24F4N4O2. The minimum absolute atomic E-state index is 0.00875. The highest BCUT2D eigenvalue weighted by Gasteiger charge is 2.30. The van der Waals surface area contributed by atoms with Gasteiger partial charge in [0.15, 0.2) is 0 Å². The molecule has 2 amide bonds. The zero-order valence-electron chi connectivity index (χ0n) is 22.1. The van der Waals surface area contributed by atoms with Crippen LogP contribution in [0.15, 0.2) is 115 Å². The molecule has 0 bridgehead atoms. The highest BCUT2D eigenvalue weighted by molar-refractivity contribution is 5.99. The molecule has 1 heterocycles. The molecule has 212 valence electrons. The topological polar surface area (TPSA) is 67.2 Å². The summed E-state index contributed by atoms with van der Waals surface area (Å²) < 4.78 is 54.2. The van der Waals surface area contributed by atoms with Crippen LogP contribution >= 0.6 is 0 Å². The first-order valence-electron chi connectivity index (χ1n) is 12.9. The number of hydrogen-bond donors (Lipinski definition) is 1. The van der Waals surface area contributed by atoms with Gasteiger partial charge in [0.2, 0.25) is 5.91 Å². The first kappa shape index (κ1) is 28.3. The lowest BCUT2D eigenvalue weighted by Crippen LogP contribution is -2.37. The Hall–Kier alpha value is -5.25. The molecule has 0 saturated heterocycles. The molecule has 0 aliphatic heterocycles. The van der Waals surface area contributed by atoms with Crippen LogP contribution in [0.1, 0.15) is 21.5 Å². The van der Waals surface area contributed by atoms with Crippen LogP contribution in [0, 0.1) is 5.82 Å². The van der Waals surface area contributed by atoms with Crippen LogP contribution < -0.4 is 5.32 Å². The van der Waals surface area contributed by atoms with E-state index in [-0.39, 0.29) is 17.9 Å². The van der Waals surface area contributed by atoms with E-state index in [2.05, 4.69) is 10.4 Å². The van der Waals surface area contributed by atoms with Gasteiger partial charge in [0.05, 0.1) is 16.9 Å². The molecular weight excluding hydrogens is 548 g/mol. The fourth-order valence-corrected chi connectivity index (χ4v) is 4.34. The Balaban J connectivity index is 1.43. The summed E-state index contributed by atoms with van der Waals surface area (Å²) in [7, 11) is 0. The lowest BCUT2D eigenvalue weighted by Gasteiger charge is -2.23. The van der Waals surface area contributed by atoms with Crippen molar-refractivity contribution in [2.75, 3.05) is 11.9 Å². The minimum Gasteiger partial charge on any atom is -0.325 e. The van der Waals surface area contributed by atoms with Crippen molar-refractivity contribution in [2.24, 2.45) is 0 Å². The molecule has 0 fully saturated rings.